The van der Waals surface area contributed by atoms with Gasteiger partial charge in [0.25, 0.3) is 0 Å². The van der Waals surface area contributed by atoms with E-state index in [1.165, 1.54) is 5.56 Å². The van der Waals surface area contributed by atoms with E-state index in [9.17, 15) is 4.79 Å². The molecule has 1 N–H and O–H groups in total. The van der Waals surface area contributed by atoms with Crippen LogP contribution in [-0.4, -0.2) is 74.8 Å². The maximum Gasteiger partial charge on any atom is 0.220 e. The number of halogens is 1. The second-order valence-corrected chi connectivity index (χ2v) is 10.0. The van der Waals surface area contributed by atoms with Gasteiger partial charge in [0.15, 0.2) is 0 Å². The van der Waals surface area contributed by atoms with Crippen molar-refractivity contribution in [2.45, 2.75) is 38.3 Å². The van der Waals surface area contributed by atoms with Crippen LogP contribution >= 0.6 is 11.6 Å². The van der Waals surface area contributed by atoms with Crippen molar-refractivity contribution in [1.29, 1.82) is 0 Å². The highest BCUT2D eigenvalue weighted by atomic mass is 35.5. The van der Waals surface area contributed by atoms with Crippen molar-refractivity contribution in [1.82, 2.24) is 15.1 Å². The summed E-state index contributed by atoms with van der Waals surface area (Å²) in [6.07, 6.45) is 3.37. The largest absolute Gasteiger partial charge is 0.496 e. The third kappa shape index (κ3) is 7.68. The summed E-state index contributed by atoms with van der Waals surface area (Å²) in [5.41, 5.74) is 2.40. The number of likely N-dealkylation sites (tertiary alicyclic amines) is 1. The van der Waals surface area contributed by atoms with Gasteiger partial charge in [0.05, 0.1) is 20.3 Å². The number of carbonyl (C=O) groups is 1. The fourth-order valence-electron chi connectivity index (χ4n) is 5.41. The molecular formula is C28H38ClN3O3. The van der Waals surface area contributed by atoms with Crippen LogP contribution in [0.3, 0.4) is 0 Å². The molecule has 2 fully saturated rings. The minimum absolute atomic E-state index is 0.135. The fourth-order valence-corrected chi connectivity index (χ4v) is 5.54. The molecule has 0 spiro atoms. The van der Waals surface area contributed by atoms with Gasteiger partial charge in [0.2, 0.25) is 5.91 Å². The summed E-state index contributed by atoms with van der Waals surface area (Å²) in [5.74, 6) is 1.47. The normalized spacial score (nSPS) is 21.5. The lowest BCUT2D eigenvalue weighted by Gasteiger charge is -2.45. The van der Waals surface area contributed by atoms with E-state index in [0.29, 0.717) is 24.9 Å². The predicted molar refractivity (Wildman–Crippen MR) is 140 cm³/mol. The lowest BCUT2D eigenvalue weighted by Crippen LogP contribution is -2.54. The number of hydrogen-bond acceptors (Lipinski definition) is 5. The molecule has 2 aromatic carbocycles. The number of piperidine rings is 1. The first kappa shape index (κ1) is 26.0. The Morgan fingerprint density at radius 2 is 1.89 bits per heavy atom. The molecule has 2 aliphatic heterocycles. The maximum absolute atomic E-state index is 12.7. The molecule has 0 saturated carbocycles. The minimum Gasteiger partial charge on any atom is -0.496 e. The zero-order chi connectivity index (χ0) is 24.5. The van der Waals surface area contributed by atoms with Crippen LogP contribution in [0.4, 0.5) is 0 Å². The molecule has 4 rings (SSSR count). The van der Waals surface area contributed by atoms with Gasteiger partial charge < -0.3 is 14.8 Å². The maximum atomic E-state index is 12.7. The highest BCUT2D eigenvalue weighted by molar-refractivity contribution is 6.30. The summed E-state index contributed by atoms with van der Waals surface area (Å²) in [6.45, 7) is 7.23. The lowest BCUT2D eigenvalue weighted by molar-refractivity contribution is -0.121. The molecule has 35 heavy (non-hydrogen) atoms. The van der Waals surface area contributed by atoms with E-state index in [1.54, 1.807) is 7.11 Å². The molecule has 6 nitrogen and oxygen atoms in total. The number of morpholine rings is 1. The first-order valence-electron chi connectivity index (χ1n) is 12.8. The molecule has 0 aromatic heterocycles. The average Bonchev–Trinajstić information content (AvgIpc) is 2.90. The van der Waals surface area contributed by atoms with E-state index in [4.69, 9.17) is 21.1 Å². The van der Waals surface area contributed by atoms with Crippen LogP contribution in [0.1, 0.15) is 30.4 Å². The second-order valence-electron chi connectivity index (χ2n) is 9.58. The Morgan fingerprint density at radius 1 is 1.11 bits per heavy atom. The van der Waals surface area contributed by atoms with Crippen LogP contribution in [0.5, 0.6) is 5.75 Å². The number of carbonyl (C=O) groups excluding carboxylic acids is 1. The van der Waals surface area contributed by atoms with E-state index in [2.05, 4.69) is 33.3 Å². The zero-order valence-corrected chi connectivity index (χ0v) is 21.5. The lowest BCUT2D eigenvalue weighted by atomic mass is 9.86. The monoisotopic (exact) mass is 499 g/mol. The Bertz CT molecular complexity index is 933. The molecule has 1 amide bonds. The quantitative estimate of drug-likeness (QED) is 0.535. The number of hydrogen-bond donors (Lipinski definition) is 1. The molecule has 2 saturated heterocycles. The van der Waals surface area contributed by atoms with Gasteiger partial charge in [0, 0.05) is 50.2 Å². The Morgan fingerprint density at radius 3 is 2.66 bits per heavy atom. The smallest absolute Gasteiger partial charge is 0.220 e. The summed E-state index contributed by atoms with van der Waals surface area (Å²) < 4.78 is 11.0. The van der Waals surface area contributed by atoms with Gasteiger partial charge in [-0.2, -0.15) is 0 Å². The number of amides is 1. The Hall–Kier alpha value is -2.12. The highest BCUT2D eigenvalue weighted by Gasteiger charge is 2.34. The number of methoxy groups -OCH3 is 1. The number of para-hydroxylation sites is 1. The molecule has 7 heteroatoms. The highest BCUT2D eigenvalue weighted by Crippen LogP contribution is 2.28. The summed E-state index contributed by atoms with van der Waals surface area (Å²) >= 11 is 6.07. The van der Waals surface area contributed by atoms with Crippen LogP contribution in [0.2, 0.25) is 5.02 Å². The zero-order valence-electron chi connectivity index (χ0n) is 20.8. The van der Waals surface area contributed by atoms with Crippen molar-refractivity contribution < 1.29 is 14.3 Å². The van der Waals surface area contributed by atoms with Crippen LogP contribution < -0.4 is 10.1 Å². The Balaban J connectivity index is 1.30. The molecule has 0 unspecified atom stereocenters. The molecule has 0 radical (unpaired) electrons. The summed E-state index contributed by atoms with van der Waals surface area (Å²) in [4.78, 5) is 17.8. The van der Waals surface area contributed by atoms with Gasteiger partial charge in [-0.1, -0.05) is 41.9 Å². The van der Waals surface area contributed by atoms with Crippen molar-refractivity contribution >= 4 is 17.5 Å². The number of benzene rings is 2. The minimum atomic E-state index is 0.135. The van der Waals surface area contributed by atoms with E-state index < -0.39 is 0 Å². The molecule has 2 heterocycles. The van der Waals surface area contributed by atoms with Gasteiger partial charge in [-0.3, -0.25) is 14.6 Å². The average molecular weight is 500 g/mol. The first-order chi connectivity index (χ1) is 17.1. The number of rotatable bonds is 10. The molecular weight excluding hydrogens is 462 g/mol. The van der Waals surface area contributed by atoms with Gasteiger partial charge >= 0.3 is 0 Å². The SMILES string of the molecule is COc1ccccc1CCNC(=O)CC[C@H]1CN(Cc2ccc(Cl)cc2)CC[C@H]1N1CCOCC1. The summed E-state index contributed by atoms with van der Waals surface area (Å²) in [5, 5.41) is 3.89. The van der Waals surface area contributed by atoms with E-state index >= 15 is 0 Å². The summed E-state index contributed by atoms with van der Waals surface area (Å²) in [6, 6.07) is 16.6. The van der Waals surface area contributed by atoms with E-state index in [-0.39, 0.29) is 5.91 Å². The molecule has 2 atom stereocenters. The van der Waals surface area contributed by atoms with Gasteiger partial charge in [-0.15, -0.1) is 0 Å². The van der Waals surface area contributed by atoms with Crippen molar-refractivity contribution in [3.63, 3.8) is 0 Å². The van der Waals surface area contributed by atoms with Crippen LogP contribution in [0.25, 0.3) is 0 Å². The molecule has 2 aliphatic rings. The molecule has 0 aliphatic carbocycles. The number of nitrogens with one attached hydrogen (secondary N) is 1. The van der Waals surface area contributed by atoms with E-state index in [0.717, 1.165) is 81.5 Å². The third-order valence-corrected chi connectivity index (χ3v) is 7.52. The van der Waals surface area contributed by atoms with Crippen molar-refractivity contribution in [2.24, 2.45) is 5.92 Å². The standard InChI is InChI=1S/C28H38ClN3O3/c1-34-27-5-3-2-4-23(27)12-14-30-28(33)11-8-24-21-31(20-22-6-9-25(29)10-7-22)15-13-26(24)32-16-18-35-19-17-32/h2-7,9-10,24,26H,8,11-21H2,1H3,(H,30,33)/t24-,26+/m0/s1. The Kier molecular flexibility index (Phi) is 9.83. The molecule has 2 aromatic rings. The van der Waals surface area contributed by atoms with Crippen LogP contribution in [-0.2, 0) is 22.5 Å². The van der Waals surface area contributed by atoms with Crippen molar-refractivity contribution in [3.05, 3.63) is 64.7 Å². The number of ether oxygens (including phenoxy) is 2. The summed E-state index contributed by atoms with van der Waals surface area (Å²) in [7, 11) is 1.68. The fraction of sp³-hybridized carbons (Fsp3) is 0.536. The second kappa shape index (κ2) is 13.3. The molecule has 0 bridgehead atoms. The van der Waals surface area contributed by atoms with Crippen LogP contribution in [0, 0.1) is 5.92 Å². The Labute approximate surface area is 214 Å². The van der Waals surface area contributed by atoms with Gasteiger partial charge in [0.1, 0.15) is 5.75 Å². The van der Waals surface area contributed by atoms with Crippen molar-refractivity contribution in [3.8, 4) is 5.75 Å². The van der Waals surface area contributed by atoms with Crippen LogP contribution in [0.15, 0.2) is 48.5 Å². The van der Waals surface area contributed by atoms with Crippen molar-refractivity contribution in [2.75, 3.05) is 53.0 Å². The molecule has 190 valence electrons. The third-order valence-electron chi connectivity index (χ3n) is 7.26. The van der Waals surface area contributed by atoms with E-state index in [1.807, 2.05) is 30.3 Å². The topological polar surface area (TPSA) is 54.0 Å². The predicted octanol–water partition coefficient (Wildman–Crippen LogP) is 4.01. The van der Waals surface area contributed by atoms with Gasteiger partial charge in [-0.25, -0.2) is 0 Å². The first-order valence-corrected chi connectivity index (χ1v) is 13.2. The van der Waals surface area contributed by atoms with Gasteiger partial charge in [-0.05, 0) is 61.1 Å². The number of nitrogens with zero attached hydrogens (tertiary/aromatic N) is 2.